The van der Waals surface area contributed by atoms with Crippen LogP contribution in [0.25, 0.3) is 0 Å². The van der Waals surface area contributed by atoms with E-state index in [0.717, 1.165) is 31.5 Å². The molecule has 2 aromatic rings. The zero-order chi connectivity index (χ0) is 19.3. The highest BCUT2D eigenvalue weighted by molar-refractivity contribution is 5.17. The molecular formula is C24H31FN2O. The van der Waals surface area contributed by atoms with Gasteiger partial charge in [-0.05, 0) is 48.9 Å². The standard InChI is InChI=1S/C24H31FN2O/c25-20-12-10-19(11-13-20)17-27(21-8-4-5-9-21)23-15-14-22(24(23)28)26-16-18-6-2-1-3-7-18/h1-3,6-7,10-13,21-24,26,28H,4-5,8-9,14-17H2/t22-,23-,24-/m1/s1. The Bertz CT molecular complexity index is 730. The summed E-state index contributed by atoms with van der Waals surface area (Å²) in [5.41, 5.74) is 2.37. The maximum absolute atomic E-state index is 13.3. The van der Waals surface area contributed by atoms with Crippen molar-refractivity contribution in [1.29, 1.82) is 0 Å². The minimum Gasteiger partial charge on any atom is -0.390 e. The number of hydrogen-bond donors (Lipinski definition) is 2. The Labute approximate surface area is 167 Å². The van der Waals surface area contributed by atoms with E-state index >= 15 is 0 Å². The zero-order valence-electron chi connectivity index (χ0n) is 16.4. The summed E-state index contributed by atoms with van der Waals surface area (Å²) in [4.78, 5) is 2.51. The summed E-state index contributed by atoms with van der Waals surface area (Å²) in [5, 5.41) is 14.7. The first-order valence-corrected chi connectivity index (χ1v) is 10.7. The molecule has 0 amide bonds. The van der Waals surface area contributed by atoms with Crippen LogP contribution in [0.15, 0.2) is 54.6 Å². The van der Waals surface area contributed by atoms with Crippen LogP contribution in [-0.2, 0) is 13.1 Å². The monoisotopic (exact) mass is 382 g/mol. The van der Waals surface area contributed by atoms with Crippen LogP contribution in [0.3, 0.4) is 0 Å². The fraction of sp³-hybridized carbons (Fsp3) is 0.500. The Kier molecular flexibility index (Phi) is 6.40. The van der Waals surface area contributed by atoms with Crippen molar-refractivity contribution in [3.05, 3.63) is 71.5 Å². The molecule has 2 aliphatic rings. The highest BCUT2D eigenvalue weighted by Crippen LogP contribution is 2.33. The predicted octanol–water partition coefficient (Wildman–Crippen LogP) is 4.25. The van der Waals surface area contributed by atoms with Gasteiger partial charge in [-0.3, -0.25) is 4.90 Å². The van der Waals surface area contributed by atoms with Crippen molar-refractivity contribution in [3.63, 3.8) is 0 Å². The lowest BCUT2D eigenvalue weighted by Gasteiger charge is -2.37. The van der Waals surface area contributed by atoms with E-state index in [2.05, 4.69) is 34.5 Å². The molecule has 0 aromatic heterocycles. The van der Waals surface area contributed by atoms with Crippen molar-refractivity contribution in [2.75, 3.05) is 0 Å². The van der Waals surface area contributed by atoms with Crippen LogP contribution >= 0.6 is 0 Å². The summed E-state index contributed by atoms with van der Waals surface area (Å²) < 4.78 is 13.3. The topological polar surface area (TPSA) is 35.5 Å². The molecule has 0 aliphatic heterocycles. The molecular weight excluding hydrogens is 351 g/mol. The van der Waals surface area contributed by atoms with Crippen LogP contribution in [0.4, 0.5) is 4.39 Å². The fourth-order valence-corrected chi connectivity index (χ4v) is 4.94. The van der Waals surface area contributed by atoms with E-state index in [9.17, 15) is 9.50 Å². The largest absolute Gasteiger partial charge is 0.390 e. The van der Waals surface area contributed by atoms with Crippen molar-refractivity contribution in [2.24, 2.45) is 0 Å². The van der Waals surface area contributed by atoms with Gasteiger partial charge >= 0.3 is 0 Å². The van der Waals surface area contributed by atoms with Gasteiger partial charge in [0.05, 0.1) is 6.10 Å². The lowest BCUT2D eigenvalue weighted by atomic mass is 10.0. The fourth-order valence-electron chi connectivity index (χ4n) is 4.94. The number of rotatable bonds is 7. The SMILES string of the molecule is O[C@H]1[C@H](N(Cc2ccc(F)cc2)C2CCCC2)CC[C@H]1NCc1ccccc1. The molecule has 3 atom stereocenters. The van der Waals surface area contributed by atoms with Gasteiger partial charge in [0.2, 0.25) is 0 Å². The molecule has 2 fully saturated rings. The van der Waals surface area contributed by atoms with Gasteiger partial charge in [0.15, 0.2) is 0 Å². The number of hydrogen-bond acceptors (Lipinski definition) is 3. The van der Waals surface area contributed by atoms with Gasteiger partial charge in [-0.1, -0.05) is 55.3 Å². The van der Waals surface area contributed by atoms with Crippen molar-refractivity contribution >= 4 is 0 Å². The van der Waals surface area contributed by atoms with Crippen LogP contribution in [0, 0.1) is 5.82 Å². The smallest absolute Gasteiger partial charge is 0.123 e. The maximum atomic E-state index is 13.3. The van der Waals surface area contributed by atoms with E-state index in [1.54, 1.807) is 0 Å². The minimum atomic E-state index is -0.371. The van der Waals surface area contributed by atoms with Gasteiger partial charge in [-0.15, -0.1) is 0 Å². The third-order valence-corrected chi connectivity index (χ3v) is 6.49. The summed E-state index contributed by atoms with van der Waals surface area (Å²) in [5.74, 6) is -0.192. The minimum absolute atomic E-state index is 0.127. The highest BCUT2D eigenvalue weighted by Gasteiger charge is 2.40. The van der Waals surface area contributed by atoms with Crippen LogP contribution in [-0.4, -0.2) is 34.2 Å². The second-order valence-corrected chi connectivity index (χ2v) is 8.35. The first kappa shape index (κ1) is 19.6. The summed E-state index contributed by atoms with van der Waals surface area (Å²) in [6.45, 7) is 1.58. The first-order valence-electron chi connectivity index (χ1n) is 10.7. The van der Waals surface area contributed by atoms with E-state index in [1.807, 2.05) is 18.2 Å². The van der Waals surface area contributed by atoms with E-state index in [4.69, 9.17) is 0 Å². The number of halogens is 1. The molecule has 2 saturated carbocycles. The number of benzene rings is 2. The van der Waals surface area contributed by atoms with Crippen molar-refractivity contribution in [2.45, 2.75) is 75.8 Å². The van der Waals surface area contributed by atoms with Crippen molar-refractivity contribution < 1.29 is 9.50 Å². The Morgan fingerprint density at radius 3 is 2.32 bits per heavy atom. The molecule has 150 valence electrons. The van der Waals surface area contributed by atoms with Gasteiger partial charge in [0.25, 0.3) is 0 Å². The van der Waals surface area contributed by atoms with Gasteiger partial charge < -0.3 is 10.4 Å². The Morgan fingerprint density at radius 2 is 1.61 bits per heavy atom. The third kappa shape index (κ3) is 4.62. The molecule has 2 aromatic carbocycles. The van der Waals surface area contributed by atoms with Crippen molar-refractivity contribution in [1.82, 2.24) is 10.2 Å². The number of aliphatic hydroxyl groups is 1. The molecule has 4 heteroatoms. The Balaban J connectivity index is 1.43. The van der Waals surface area contributed by atoms with Crippen LogP contribution in [0.2, 0.25) is 0 Å². The normalized spacial score (nSPS) is 25.6. The molecule has 0 heterocycles. The third-order valence-electron chi connectivity index (χ3n) is 6.49. The summed E-state index contributed by atoms with van der Waals surface area (Å²) in [7, 11) is 0. The van der Waals surface area contributed by atoms with Crippen LogP contribution < -0.4 is 5.32 Å². The average Bonchev–Trinajstić information content (AvgIpc) is 3.37. The van der Waals surface area contributed by atoms with Gasteiger partial charge in [-0.25, -0.2) is 4.39 Å². The Hall–Kier alpha value is -1.75. The van der Waals surface area contributed by atoms with E-state index in [1.165, 1.54) is 43.4 Å². The molecule has 0 unspecified atom stereocenters. The van der Waals surface area contributed by atoms with Gasteiger partial charge in [0.1, 0.15) is 5.82 Å². The number of nitrogens with one attached hydrogen (secondary N) is 1. The van der Waals surface area contributed by atoms with Crippen LogP contribution in [0.5, 0.6) is 0 Å². The molecule has 0 radical (unpaired) electrons. The van der Waals surface area contributed by atoms with E-state index < -0.39 is 0 Å². The number of nitrogens with zero attached hydrogens (tertiary/aromatic N) is 1. The predicted molar refractivity (Wildman–Crippen MR) is 110 cm³/mol. The number of aliphatic hydroxyl groups excluding tert-OH is 1. The van der Waals surface area contributed by atoms with Crippen LogP contribution in [0.1, 0.15) is 49.7 Å². The summed E-state index contributed by atoms with van der Waals surface area (Å²) in [6.07, 6.45) is 6.56. The second-order valence-electron chi connectivity index (χ2n) is 8.35. The van der Waals surface area contributed by atoms with Crippen molar-refractivity contribution in [3.8, 4) is 0 Å². The first-order chi connectivity index (χ1) is 13.7. The molecule has 0 saturated heterocycles. The lowest BCUT2D eigenvalue weighted by molar-refractivity contribution is 0.0273. The molecule has 2 aliphatic carbocycles. The van der Waals surface area contributed by atoms with Gasteiger partial charge in [0, 0.05) is 31.2 Å². The quantitative estimate of drug-likeness (QED) is 0.751. The summed E-state index contributed by atoms with van der Waals surface area (Å²) >= 11 is 0. The zero-order valence-corrected chi connectivity index (χ0v) is 16.4. The molecule has 28 heavy (non-hydrogen) atoms. The molecule has 0 spiro atoms. The molecule has 4 rings (SSSR count). The summed E-state index contributed by atoms with van der Waals surface area (Å²) in [6, 6.07) is 18.0. The van der Waals surface area contributed by atoms with Gasteiger partial charge in [-0.2, -0.15) is 0 Å². The molecule has 3 nitrogen and oxygen atoms in total. The Morgan fingerprint density at radius 1 is 0.893 bits per heavy atom. The molecule has 2 N–H and O–H groups in total. The average molecular weight is 383 g/mol. The van der Waals surface area contributed by atoms with E-state index in [0.29, 0.717) is 6.04 Å². The highest BCUT2D eigenvalue weighted by atomic mass is 19.1. The lowest BCUT2D eigenvalue weighted by Crippen LogP contribution is -2.49. The van der Waals surface area contributed by atoms with E-state index in [-0.39, 0.29) is 24.0 Å². The second kappa shape index (κ2) is 9.17. The molecule has 0 bridgehead atoms. The maximum Gasteiger partial charge on any atom is 0.123 e.